The molecule has 0 spiro atoms. The van der Waals surface area contributed by atoms with Gasteiger partial charge in [-0.3, -0.25) is 4.90 Å². The largest absolute Gasteiger partial charge is 0.396 e. The van der Waals surface area contributed by atoms with Crippen molar-refractivity contribution in [3.63, 3.8) is 0 Å². The van der Waals surface area contributed by atoms with Gasteiger partial charge in [-0.05, 0) is 62.7 Å². The van der Waals surface area contributed by atoms with Crippen LogP contribution in [0.25, 0.3) is 0 Å². The van der Waals surface area contributed by atoms with Gasteiger partial charge in [0, 0.05) is 38.3 Å². The van der Waals surface area contributed by atoms with E-state index in [4.69, 9.17) is 9.73 Å². The highest BCUT2D eigenvalue weighted by Crippen LogP contribution is 2.31. The molecule has 1 atom stereocenters. The number of aliphatic hydroxyl groups is 1. The molecule has 2 aliphatic heterocycles. The van der Waals surface area contributed by atoms with Crippen LogP contribution in [0, 0.1) is 11.3 Å². The number of nitrogens with one attached hydrogen (secondary N) is 2. The molecule has 0 amide bonds. The Balaban J connectivity index is 0.00000341. The van der Waals surface area contributed by atoms with Crippen molar-refractivity contribution in [3.05, 3.63) is 35.4 Å². The van der Waals surface area contributed by atoms with E-state index in [9.17, 15) is 5.11 Å². The molecule has 0 bridgehead atoms. The van der Waals surface area contributed by atoms with Gasteiger partial charge in [0.05, 0.1) is 13.2 Å². The summed E-state index contributed by atoms with van der Waals surface area (Å²) in [6, 6.07) is 8.84. The molecule has 3 N–H and O–H groups in total. The average Bonchev–Trinajstić information content (AvgIpc) is 3.21. The second-order valence-corrected chi connectivity index (χ2v) is 9.10. The third-order valence-corrected chi connectivity index (χ3v) is 6.50. The molecule has 176 valence electrons. The van der Waals surface area contributed by atoms with E-state index in [0.717, 1.165) is 51.0 Å². The number of aliphatic imine (C=N–C) groups is 1. The molecule has 3 rings (SSSR count). The molecule has 1 aromatic rings. The summed E-state index contributed by atoms with van der Waals surface area (Å²) < 4.78 is 5.60. The van der Waals surface area contributed by atoms with E-state index in [1.807, 2.05) is 0 Å². The highest BCUT2D eigenvalue weighted by molar-refractivity contribution is 14.0. The molecule has 6 nitrogen and oxygen atoms in total. The molecule has 0 aliphatic carbocycles. The zero-order chi connectivity index (χ0) is 21.2. The fourth-order valence-electron chi connectivity index (χ4n) is 4.40. The molecule has 7 heteroatoms. The number of likely N-dealkylation sites (tertiary alicyclic amines) is 1. The predicted molar refractivity (Wildman–Crippen MR) is 138 cm³/mol. The minimum Gasteiger partial charge on any atom is -0.396 e. The fourth-order valence-corrected chi connectivity index (χ4v) is 4.40. The highest BCUT2D eigenvalue weighted by atomic mass is 127. The number of rotatable bonds is 9. The van der Waals surface area contributed by atoms with Gasteiger partial charge in [0.15, 0.2) is 5.96 Å². The summed E-state index contributed by atoms with van der Waals surface area (Å²) in [5.41, 5.74) is 2.63. The number of aliphatic hydroxyl groups excluding tert-OH is 1. The van der Waals surface area contributed by atoms with Crippen LogP contribution >= 0.6 is 24.0 Å². The van der Waals surface area contributed by atoms with Crippen LogP contribution in [0.15, 0.2) is 29.3 Å². The van der Waals surface area contributed by atoms with Gasteiger partial charge in [0.1, 0.15) is 0 Å². The maximum absolute atomic E-state index is 9.44. The summed E-state index contributed by atoms with van der Waals surface area (Å²) in [5.74, 6) is 1.70. The number of guanidine groups is 1. The van der Waals surface area contributed by atoms with Crippen LogP contribution < -0.4 is 10.6 Å². The Bertz CT molecular complexity index is 671. The van der Waals surface area contributed by atoms with Crippen molar-refractivity contribution in [2.45, 2.75) is 52.6 Å². The van der Waals surface area contributed by atoms with Crippen LogP contribution in [0.2, 0.25) is 0 Å². The Hall–Kier alpha value is -0.900. The third kappa shape index (κ3) is 8.51. The first-order valence-electron chi connectivity index (χ1n) is 11.6. The summed E-state index contributed by atoms with van der Waals surface area (Å²) in [6.07, 6.45) is 4.36. The van der Waals surface area contributed by atoms with Crippen LogP contribution in [-0.4, -0.2) is 62.0 Å². The predicted octanol–water partition coefficient (Wildman–Crippen LogP) is 3.38. The zero-order valence-corrected chi connectivity index (χ0v) is 21.6. The van der Waals surface area contributed by atoms with E-state index in [2.05, 4.69) is 53.6 Å². The highest BCUT2D eigenvalue weighted by Gasteiger charge is 2.34. The van der Waals surface area contributed by atoms with Crippen molar-refractivity contribution in [1.29, 1.82) is 0 Å². The first kappa shape index (κ1) is 26.4. The standard InChI is InChI=1S/C24H40N4O2.HI/c1-3-25-23(27-18-24(9-13-29)10-14-30-19-24)26-16-21-5-4-6-22(15-21)17-28-11-7-20(2)8-12-28;/h4-6,15,20,29H,3,7-14,16-19H2,1-2H3,(H2,25,26,27);1H. The van der Waals surface area contributed by atoms with Crippen molar-refractivity contribution < 1.29 is 9.84 Å². The van der Waals surface area contributed by atoms with Gasteiger partial charge >= 0.3 is 0 Å². The Labute approximate surface area is 205 Å². The van der Waals surface area contributed by atoms with Gasteiger partial charge in [-0.15, -0.1) is 24.0 Å². The van der Waals surface area contributed by atoms with Gasteiger partial charge in [-0.25, -0.2) is 4.99 Å². The maximum Gasteiger partial charge on any atom is 0.191 e. The zero-order valence-electron chi connectivity index (χ0n) is 19.2. The van der Waals surface area contributed by atoms with Crippen molar-refractivity contribution in [3.8, 4) is 0 Å². The van der Waals surface area contributed by atoms with E-state index < -0.39 is 0 Å². The number of halogens is 1. The van der Waals surface area contributed by atoms with E-state index in [1.165, 1.54) is 37.1 Å². The summed E-state index contributed by atoms with van der Waals surface area (Å²) >= 11 is 0. The van der Waals surface area contributed by atoms with Crippen LogP contribution in [0.1, 0.15) is 50.7 Å². The number of benzene rings is 1. The molecule has 1 unspecified atom stereocenters. The fraction of sp³-hybridized carbons (Fsp3) is 0.708. The topological polar surface area (TPSA) is 69.1 Å². The summed E-state index contributed by atoms with van der Waals surface area (Å²) in [7, 11) is 0. The lowest BCUT2D eigenvalue weighted by atomic mass is 9.84. The van der Waals surface area contributed by atoms with Gasteiger partial charge in [-0.1, -0.05) is 31.2 Å². The molecule has 2 saturated heterocycles. The van der Waals surface area contributed by atoms with Crippen molar-refractivity contribution >= 4 is 29.9 Å². The molecule has 0 saturated carbocycles. The van der Waals surface area contributed by atoms with Crippen molar-refractivity contribution in [2.24, 2.45) is 16.3 Å². The molecule has 0 aromatic heterocycles. The molecule has 31 heavy (non-hydrogen) atoms. The van der Waals surface area contributed by atoms with Gasteiger partial charge in [0.2, 0.25) is 0 Å². The Morgan fingerprint density at radius 1 is 1.26 bits per heavy atom. The smallest absolute Gasteiger partial charge is 0.191 e. The van der Waals surface area contributed by atoms with Crippen molar-refractivity contribution in [2.75, 3.05) is 46.0 Å². The lowest BCUT2D eigenvalue weighted by Gasteiger charge is -2.30. The number of hydrogen-bond donors (Lipinski definition) is 3. The van der Waals surface area contributed by atoms with Crippen LogP contribution in [0.5, 0.6) is 0 Å². The first-order chi connectivity index (χ1) is 14.6. The monoisotopic (exact) mass is 544 g/mol. The second kappa shape index (κ2) is 13.6. The van der Waals surface area contributed by atoms with E-state index in [-0.39, 0.29) is 36.0 Å². The number of nitrogens with zero attached hydrogens (tertiary/aromatic N) is 2. The quantitative estimate of drug-likeness (QED) is 0.253. The third-order valence-electron chi connectivity index (χ3n) is 6.50. The normalized spacial score (nSPS) is 22.9. The Morgan fingerprint density at radius 2 is 2.03 bits per heavy atom. The average molecular weight is 545 g/mol. The van der Waals surface area contributed by atoms with Gasteiger partial charge in [0.25, 0.3) is 0 Å². The number of hydrogen-bond acceptors (Lipinski definition) is 4. The molecule has 2 heterocycles. The lowest BCUT2D eigenvalue weighted by Crippen LogP contribution is -2.44. The van der Waals surface area contributed by atoms with Gasteiger partial charge < -0.3 is 20.5 Å². The summed E-state index contributed by atoms with van der Waals surface area (Å²) in [4.78, 5) is 7.38. The molecule has 0 radical (unpaired) electrons. The minimum atomic E-state index is 0. The van der Waals surface area contributed by atoms with Crippen LogP contribution in [-0.2, 0) is 17.8 Å². The number of ether oxygens (including phenoxy) is 1. The molecule has 1 aromatic carbocycles. The molecular formula is C24H41IN4O2. The maximum atomic E-state index is 9.44. The Morgan fingerprint density at radius 3 is 2.71 bits per heavy atom. The molecular weight excluding hydrogens is 503 g/mol. The van der Waals surface area contributed by atoms with Crippen molar-refractivity contribution in [1.82, 2.24) is 15.5 Å². The minimum absolute atomic E-state index is 0. The molecule has 2 aliphatic rings. The van der Waals surface area contributed by atoms with E-state index in [1.54, 1.807) is 0 Å². The van der Waals surface area contributed by atoms with Crippen LogP contribution in [0.4, 0.5) is 0 Å². The number of piperidine rings is 1. The molecule has 2 fully saturated rings. The lowest BCUT2D eigenvalue weighted by molar-refractivity contribution is 0.127. The summed E-state index contributed by atoms with van der Waals surface area (Å²) in [6.45, 7) is 11.8. The van der Waals surface area contributed by atoms with E-state index >= 15 is 0 Å². The Kier molecular flexibility index (Phi) is 11.6. The SMILES string of the molecule is CCNC(=NCc1cccc(CN2CCC(C)CC2)c1)NCC1(CCO)CCOC1.I. The first-order valence-corrected chi connectivity index (χ1v) is 11.6. The van der Waals surface area contributed by atoms with Crippen LogP contribution in [0.3, 0.4) is 0 Å². The summed E-state index contributed by atoms with van der Waals surface area (Å²) in [5, 5.41) is 16.3. The second-order valence-electron chi connectivity index (χ2n) is 9.10. The van der Waals surface area contributed by atoms with E-state index in [0.29, 0.717) is 13.2 Å². The van der Waals surface area contributed by atoms with Gasteiger partial charge in [-0.2, -0.15) is 0 Å².